The molecule has 0 saturated carbocycles. The summed E-state index contributed by atoms with van der Waals surface area (Å²) in [6.07, 6.45) is 1.50. The smallest absolute Gasteiger partial charge is 0.329 e. The van der Waals surface area contributed by atoms with Crippen LogP contribution in [-0.4, -0.2) is 24.3 Å². The Kier molecular flexibility index (Phi) is 32.8. The molecule has 3 heteroatoms. The maximum absolute atomic E-state index is 9.71. The van der Waals surface area contributed by atoms with Crippen molar-refractivity contribution in [2.45, 2.75) is 22.3 Å². The number of carboxylic acids is 1. The zero-order valence-electron chi connectivity index (χ0n) is 4.46. The molecule has 0 saturated heterocycles. The Morgan fingerprint density at radius 2 is 1.91 bits per heavy atom. The van der Waals surface area contributed by atoms with Crippen molar-refractivity contribution < 1.29 is 14.6 Å². The van der Waals surface area contributed by atoms with Crippen LogP contribution in [0.5, 0.6) is 0 Å². The Labute approximate surface area is 69.7 Å². The van der Waals surface area contributed by atoms with Crippen molar-refractivity contribution in [2.24, 2.45) is 0 Å². The van der Waals surface area contributed by atoms with Gasteiger partial charge in [-0.05, 0) is 0 Å². The van der Waals surface area contributed by atoms with Crippen LogP contribution in [0.3, 0.4) is 0 Å². The van der Waals surface area contributed by atoms with Crippen LogP contribution >= 0.6 is 0 Å². The zero-order chi connectivity index (χ0) is 6.41. The Morgan fingerprint density at radius 1 is 1.45 bits per heavy atom. The molecule has 0 rings (SSSR count). The molecule has 0 spiro atoms. The van der Waals surface area contributed by atoms with Gasteiger partial charge in [0.2, 0.25) is 0 Å². The average Bonchev–Trinajstić information content (AvgIpc) is 1.66. The number of ether oxygens (including phenoxy) is 1. The maximum atomic E-state index is 9.71. The summed E-state index contributed by atoms with van der Waals surface area (Å²) in [5.41, 5.74) is 0. The summed E-state index contributed by atoms with van der Waals surface area (Å²) >= 11 is 0. The summed E-state index contributed by atoms with van der Waals surface area (Å²) in [6.45, 7) is 3.39. The molecule has 0 heterocycles. The first-order valence-electron chi connectivity index (χ1n) is 2.18. The second kappa shape index (κ2) is 16.1. The van der Waals surface area contributed by atoms with E-state index in [1.807, 2.05) is 0 Å². The molecule has 0 aliphatic heterocycles. The molecule has 70 valence electrons. The van der Waals surface area contributed by atoms with Gasteiger partial charge in [-0.2, -0.15) is 0 Å². The number of hydrogen-bond acceptors (Lipinski definition) is 2. The van der Waals surface area contributed by atoms with Gasteiger partial charge in [0.1, 0.15) is 6.61 Å². The molecular weight excluding hydrogens is 144 g/mol. The van der Waals surface area contributed by atoms with Gasteiger partial charge in [0.15, 0.2) is 0 Å². The Bertz CT molecular complexity index is 89.3. The second-order valence-corrected chi connectivity index (χ2v) is 1.20. The Morgan fingerprint density at radius 3 is 2.18 bits per heavy atom. The molecule has 0 aliphatic rings. The summed E-state index contributed by atoms with van der Waals surface area (Å²) < 4.78 is 4.53. The summed E-state index contributed by atoms with van der Waals surface area (Å²) in [4.78, 5) is 9.71. The first-order chi connectivity index (χ1) is 3.77. The maximum Gasteiger partial charge on any atom is 0.329 e. The molecule has 0 amide bonds. The quantitative estimate of drug-likeness (QED) is 0.511. The number of carboxylic acid groups (broad SMARTS) is 1. The third-order valence-corrected chi connectivity index (χ3v) is 0.461. The van der Waals surface area contributed by atoms with Gasteiger partial charge in [-0.15, -0.1) is 6.58 Å². The van der Waals surface area contributed by atoms with Crippen LogP contribution in [0.15, 0.2) is 12.7 Å². The lowest BCUT2D eigenvalue weighted by Gasteiger charge is -1.91. The molecule has 0 bridgehead atoms. The van der Waals surface area contributed by atoms with E-state index in [2.05, 4.69) is 11.3 Å². The lowest BCUT2D eigenvalue weighted by atomic mass is 10.7. The second-order valence-electron chi connectivity index (χ2n) is 1.20. The fraction of sp³-hybridized carbons (Fsp3) is 0.625. The summed E-state index contributed by atoms with van der Waals surface area (Å²) in [5, 5.41) is 7.98. The molecule has 0 aromatic rings. The van der Waals surface area contributed by atoms with Crippen molar-refractivity contribution in [3.63, 3.8) is 0 Å². The van der Waals surface area contributed by atoms with Crippen LogP contribution in [0, 0.1) is 0 Å². The largest absolute Gasteiger partial charge is 0.480 e. The van der Waals surface area contributed by atoms with Crippen LogP contribution in [-0.2, 0) is 9.53 Å². The highest BCUT2D eigenvalue weighted by molar-refractivity contribution is 5.67. The van der Waals surface area contributed by atoms with Gasteiger partial charge in [0.25, 0.3) is 0 Å². The third-order valence-electron chi connectivity index (χ3n) is 0.461. The van der Waals surface area contributed by atoms with Crippen molar-refractivity contribution in [3.8, 4) is 0 Å². The van der Waals surface area contributed by atoms with Crippen molar-refractivity contribution in [3.05, 3.63) is 12.7 Å². The molecule has 0 aromatic carbocycles. The van der Waals surface area contributed by atoms with Crippen LogP contribution in [0.1, 0.15) is 22.3 Å². The van der Waals surface area contributed by atoms with Gasteiger partial charge < -0.3 is 9.84 Å². The first-order valence-corrected chi connectivity index (χ1v) is 2.18. The lowest BCUT2D eigenvalue weighted by Crippen LogP contribution is -2.06. The minimum Gasteiger partial charge on any atom is -0.480 e. The van der Waals surface area contributed by atoms with E-state index in [0.717, 1.165) is 0 Å². The highest BCUT2D eigenvalue weighted by Gasteiger charge is 1.91. The third kappa shape index (κ3) is 27.1. The molecule has 0 aliphatic carbocycles. The summed E-state index contributed by atoms with van der Waals surface area (Å²) in [6, 6.07) is 0. The highest BCUT2D eigenvalue weighted by Crippen LogP contribution is 1.72. The predicted octanol–water partition coefficient (Wildman–Crippen LogP) is 2.18. The fourth-order valence-corrected chi connectivity index (χ4v) is 0.230. The summed E-state index contributed by atoms with van der Waals surface area (Å²) in [7, 11) is 0. The van der Waals surface area contributed by atoms with Crippen molar-refractivity contribution in [1.29, 1.82) is 0 Å². The van der Waals surface area contributed by atoms with E-state index >= 15 is 0 Å². The van der Waals surface area contributed by atoms with Gasteiger partial charge in [0.05, 0.1) is 6.61 Å². The van der Waals surface area contributed by atoms with Crippen molar-refractivity contribution in [1.82, 2.24) is 0 Å². The van der Waals surface area contributed by atoms with E-state index in [9.17, 15) is 4.79 Å². The zero-order valence-corrected chi connectivity index (χ0v) is 4.46. The Balaban J connectivity index is -0.0000000817. The van der Waals surface area contributed by atoms with E-state index in [4.69, 9.17) is 5.11 Å². The van der Waals surface area contributed by atoms with Crippen molar-refractivity contribution in [2.75, 3.05) is 13.2 Å². The lowest BCUT2D eigenvalue weighted by molar-refractivity contribution is -0.141. The van der Waals surface area contributed by atoms with E-state index in [0.29, 0.717) is 6.61 Å². The van der Waals surface area contributed by atoms with Gasteiger partial charge in [-0.3, -0.25) is 0 Å². The molecule has 0 atom stereocenters. The number of carbonyl (C=O) groups is 1. The van der Waals surface area contributed by atoms with Crippen LogP contribution in [0.2, 0.25) is 0 Å². The van der Waals surface area contributed by atoms with Crippen LogP contribution in [0.4, 0.5) is 0 Å². The molecule has 1 N–H and O–H groups in total. The van der Waals surface area contributed by atoms with Crippen LogP contribution < -0.4 is 0 Å². The van der Waals surface area contributed by atoms with E-state index < -0.39 is 5.97 Å². The van der Waals surface area contributed by atoms with Gasteiger partial charge >= 0.3 is 5.97 Å². The number of aliphatic carboxylic acids is 1. The molecule has 3 nitrogen and oxygen atoms in total. The minimum absolute atomic E-state index is 0. The number of rotatable bonds is 4. The molecule has 0 aromatic heterocycles. The minimum atomic E-state index is -0.952. The Hall–Kier alpha value is -0.830. The molecular formula is C8H20O3. The average molecular weight is 164 g/mol. The molecule has 0 fully saturated rings. The van der Waals surface area contributed by atoms with Crippen LogP contribution in [0.25, 0.3) is 0 Å². The van der Waals surface area contributed by atoms with E-state index in [-0.39, 0.29) is 28.9 Å². The monoisotopic (exact) mass is 164 g/mol. The first kappa shape index (κ1) is 22.5. The van der Waals surface area contributed by atoms with E-state index in [1.54, 1.807) is 0 Å². The summed E-state index contributed by atoms with van der Waals surface area (Å²) in [5.74, 6) is -0.952. The highest BCUT2D eigenvalue weighted by atomic mass is 16.5. The molecule has 11 heavy (non-hydrogen) atoms. The van der Waals surface area contributed by atoms with Gasteiger partial charge in [-0.25, -0.2) is 4.79 Å². The number of hydrogen-bond donors (Lipinski definition) is 1. The van der Waals surface area contributed by atoms with Crippen molar-refractivity contribution >= 4 is 5.97 Å². The topological polar surface area (TPSA) is 46.5 Å². The fourth-order valence-electron chi connectivity index (χ4n) is 0.230. The van der Waals surface area contributed by atoms with E-state index in [1.165, 1.54) is 6.08 Å². The molecule has 0 unspecified atom stereocenters. The standard InChI is InChI=1S/C5H8O3.3CH4/c1-2-3-8-4-5(6)7;;;/h2H,1,3-4H2,(H,6,7);3*1H4. The van der Waals surface area contributed by atoms with Gasteiger partial charge in [-0.1, -0.05) is 28.4 Å². The predicted molar refractivity (Wildman–Crippen MR) is 48.8 cm³/mol. The van der Waals surface area contributed by atoms with Gasteiger partial charge in [0, 0.05) is 0 Å². The molecule has 0 radical (unpaired) electrons. The normalized spacial score (nSPS) is 6.18. The SMILES string of the molecule is C.C.C.C=CCOCC(=O)O.